The molecule has 0 N–H and O–H groups in total. The Morgan fingerprint density at radius 1 is 0.904 bits per heavy atom. The first-order chi connectivity index (χ1) is 24.7. The van der Waals surface area contributed by atoms with Gasteiger partial charge in [-0.15, -0.1) is 0 Å². The number of esters is 5. The van der Waals surface area contributed by atoms with Crippen LogP contribution in [0.4, 0.5) is 0 Å². The summed E-state index contributed by atoms with van der Waals surface area (Å²) in [5.74, 6) is -6.12. The molecule has 2 saturated carbocycles. The molecule has 3 fully saturated rings. The third-order valence-corrected chi connectivity index (χ3v) is 11.3. The molecular weight excluding hydrogens is 670 g/mol. The molecule has 1 saturated heterocycles. The highest BCUT2D eigenvalue weighted by Crippen LogP contribution is 2.68. The molecule has 12 nitrogen and oxygen atoms in total. The fraction of sp³-hybridized carbons (Fsp3) is 0.500. The van der Waals surface area contributed by atoms with Crippen molar-refractivity contribution in [3.8, 4) is 0 Å². The van der Waals surface area contributed by atoms with Gasteiger partial charge in [-0.1, -0.05) is 50.3 Å². The molecule has 11 unspecified atom stereocenters. The maximum atomic E-state index is 14.2. The Kier molecular flexibility index (Phi) is 9.91. The minimum Gasteiger partial charge on any atom is -0.461 e. The first kappa shape index (κ1) is 36.9. The van der Waals surface area contributed by atoms with Gasteiger partial charge in [-0.25, -0.2) is 9.59 Å². The molecule has 2 heterocycles. The summed E-state index contributed by atoms with van der Waals surface area (Å²) in [5.41, 5.74) is -3.49. The lowest BCUT2D eigenvalue weighted by molar-refractivity contribution is -0.238. The van der Waals surface area contributed by atoms with Gasteiger partial charge in [0.1, 0.15) is 23.9 Å². The SMILES string of the molecule is C=C(C)C1C=CC(OC(=O)c2cccnc2)C23COC(C)(C(OC(=O)c4ccccc4)C4(OC(C)=O)CC(C)C(OC(=O)CC)C4C2OC(C)=O)C13. The maximum Gasteiger partial charge on any atom is 0.340 e. The van der Waals surface area contributed by atoms with Gasteiger partial charge >= 0.3 is 29.8 Å². The van der Waals surface area contributed by atoms with E-state index in [0.717, 1.165) is 0 Å². The van der Waals surface area contributed by atoms with Crippen LogP contribution in [0, 0.1) is 29.1 Å². The second-order valence-corrected chi connectivity index (χ2v) is 14.6. The van der Waals surface area contributed by atoms with Gasteiger partial charge < -0.3 is 28.4 Å². The number of pyridine rings is 1. The van der Waals surface area contributed by atoms with E-state index in [2.05, 4.69) is 11.6 Å². The van der Waals surface area contributed by atoms with Gasteiger partial charge in [0.25, 0.3) is 0 Å². The zero-order chi connectivity index (χ0) is 37.6. The number of hydrogen-bond donors (Lipinski definition) is 0. The van der Waals surface area contributed by atoms with Crippen LogP contribution in [0.3, 0.4) is 0 Å². The maximum absolute atomic E-state index is 14.2. The number of nitrogens with zero attached hydrogens (tertiary/aromatic N) is 1. The zero-order valence-electron chi connectivity index (χ0n) is 30.2. The van der Waals surface area contributed by atoms with Gasteiger partial charge in [0.05, 0.1) is 29.1 Å². The van der Waals surface area contributed by atoms with Gasteiger partial charge in [0.15, 0.2) is 11.7 Å². The van der Waals surface area contributed by atoms with Crippen molar-refractivity contribution in [2.75, 3.05) is 6.61 Å². The number of fused-ring (bicyclic) bond motifs is 1. The summed E-state index contributed by atoms with van der Waals surface area (Å²) in [6.07, 6.45) is 1.93. The Bertz CT molecular complexity index is 1780. The highest BCUT2D eigenvalue weighted by atomic mass is 16.6. The number of ether oxygens (including phenoxy) is 6. The topological polar surface area (TPSA) is 154 Å². The highest BCUT2D eigenvalue weighted by Gasteiger charge is 2.82. The van der Waals surface area contributed by atoms with Gasteiger partial charge in [-0.2, -0.15) is 0 Å². The molecular formula is C40H45NO11. The third-order valence-electron chi connectivity index (χ3n) is 11.3. The van der Waals surface area contributed by atoms with Crippen molar-refractivity contribution >= 4 is 29.8 Å². The van der Waals surface area contributed by atoms with E-state index in [4.69, 9.17) is 28.4 Å². The summed E-state index contributed by atoms with van der Waals surface area (Å²) in [6.45, 7) is 13.8. The molecule has 1 aromatic heterocycles. The van der Waals surface area contributed by atoms with E-state index in [-0.39, 0.29) is 30.6 Å². The fourth-order valence-corrected chi connectivity index (χ4v) is 9.48. The van der Waals surface area contributed by atoms with Crippen LogP contribution >= 0.6 is 0 Å². The molecule has 2 bridgehead atoms. The lowest BCUT2D eigenvalue weighted by atomic mass is 9.55. The molecule has 12 heteroatoms. The number of rotatable bonds is 9. The number of allylic oxidation sites excluding steroid dienone is 2. The summed E-state index contributed by atoms with van der Waals surface area (Å²) >= 11 is 0. The van der Waals surface area contributed by atoms with Crippen LogP contribution < -0.4 is 0 Å². The molecule has 1 aliphatic heterocycles. The quantitative estimate of drug-likeness (QED) is 0.190. The predicted molar refractivity (Wildman–Crippen MR) is 184 cm³/mol. The summed E-state index contributed by atoms with van der Waals surface area (Å²) in [7, 11) is 0. The molecule has 1 aromatic carbocycles. The Balaban J connectivity index is 1.66. The highest BCUT2D eigenvalue weighted by molar-refractivity contribution is 5.90. The summed E-state index contributed by atoms with van der Waals surface area (Å²) in [6, 6.07) is 11.6. The first-order valence-electron chi connectivity index (χ1n) is 17.6. The van der Waals surface area contributed by atoms with Crippen LogP contribution in [-0.4, -0.2) is 77.1 Å². The average Bonchev–Trinajstić information content (AvgIpc) is 3.56. The lowest BCUT2D eigenvalue weighted by Gasteiger charge is -2.51. The molecule has 52 heavy (non-hydrogen) atoms. The number of hydrogen-bond acceptors (Lipinski definition) is 12. The van der Waals surface area contributed by atoms with E-state index in [1.165, 1.54) is 26.2 Å². The third kappa shape index (κ3) is 6.00. The smallest absolute Gasteiger partial charge is 0.340 e. The van der Waals surface area contributed by atoms with Gasteiger partial charge in [-0.05, 0) is 56.5 Å². The number of benzene rings is 1. The van der Waals surface area contributed by atoms with Crippen molar-refractivity contribution < 1.29 is 52.4 Å². The van der Waals surface area contributed by atoms with Crippen LogP contribution in [-0.2, 0) is 42.8 Å². The number of aromatic nitrogens is 1. The molecule has 3 aliphatic carbocycles. The standard InChI is InChI=1S/C40H45NO11/c1-8-30(44)50-32-23(4)19-40(52-25(6)43)31(32)34(48-24(5)42)39-21-47-38(7,37(40)51-35(45)26-13-10-9-11-14-26)33(39)28(22(2)3)16-17-29(39)49-36(46)27-15-12-18-41-20-27/h9-18,20,23,28-29,31-34,37H,2,8,19,21H2,1,3-7H3. The second-order valence-electron chi connectivity index (χ2n) is 14.6. The number of carbonyl (C=O) groups excluding carboxylic acids is 5. The Morgan fingerprint density at radius 3 is 2.21 bits per heavy atom. The van der Waals surface area contributed by atoms with Crippen molar-refractivity contribution in [3.05, 3.63) is 90.3 Å². The summed E-state index contributed by atoms with van der Waals surface area (Å²) < 4.78 is 38.8. The minimum absolute atomic E-state index is 0.0432. The Labute approximate surface area is 302 Å². The molecule has 6 rings (SSSR count). The fourth-order valence-electron chi connectivity index (χ4n) is 9.48. The molecule has 0 spiro atoms. The van der Waals surface area contributed by atoms with Crippen molar-refractivity contribution in [1.82, 2.24) is 4.98 Å². The zero-order valence-corrected chi connectivity index (χ0v) is 30.2. The number of carbonyl (C=O) groups is 5. The molecule has 11 atom stereocenters. The largest absolute Gasteiger partial charge is 0.461 e. The van der Waals surface area contributed by atoms with Crippen LogP contribution in [0.25, 0.3) is 0 Å². The van der Waals surface area contributed by atoms with Crippen molar-refractivity contribution in [2.24, 2.45) is 29.1 Å². The molecule has 0 amide bonds. The minimum atomic E-state index is -1.76. The van der Waals surface area contributed by atoms with Gasteiger partial charge in [0, 0.05) is 44.5 Å². The average molecular weight is 716 g/mol. The summed E-state index contributed by atoms with van der Waals surface area (Å²) in [4.78, 5) is 71.8. The van der Waals surface area contributed by atoms with E-state index in [0.29, 0.717) is 5.57 Å². The van der Waals surface area contributed by atoms with Crippen LogP contribution in [0.15, 0.2) is 79.2 Å². The summed E-state index contributed by atoms with van der Waals surface area (Å²) in [5, 5.41) is 0. The lowest BCUT2D eigenvalue weighted by Crippen LogP contribution is -2.64. The normalized spacial score (nSPS) is 35.6. The molecule has 2 aromatic rings. The van der Waals surface area contributed by atoms with E-state index in [9.17, 15) is 24.0 Å². The first-order valence-corrected chi connectivity index (χ1v) is 17.6. The molecule has 276 valence electrons. The van der Waals surface area contributed by atoms with Crippen molar-refractivity contribution in [3.63, 3.8) is 0 Å². The van der Waals surface area contributed by atoms with Crippen molar-refractivity contribution in [2.45, 2.75) is 90.0 Å². The van der Waals surface area contributed by atoms with Crippen molar-refractivity contribution in [1.29, 1.82) is 0 Å². The van der Waals surface area contributed by atoms with Crippen LogP contribution in [0.5, 0.6) is 0 Å². The molecule has 0 radical (unpaired) electrons. The monoisotopic (exact) mass is 715 g/mol. The molecule has 4 aliphatic rings. The van der Waals surface area contributed by atoms with Gasteiger partial charge in [0.2, 0.25) is 0 Å². The predicted octanol–water partition coefficient (Wildman–Crippen LogP) is 5.21. The Hall–Kier alpha value is -4.84. The van der Waals surface area contributed by atoms with E-state index in [1.54, 1.807) is 62.4 Å². The van der Waals surface area contributed by atoms with Gasteiger partial charge in [-0.3, -0.25) is 19.4 Å². The van der Waals surface area contributed by atoms with E-state index < -0.39 is 94.6 Å². The second kappa shape index (κ2) is 13.9. The van der Waals surface area contributed by atoms with E-state index in [1.807, 2.05) is 19.9 Å². The van der Waals surface area contributed by atoms with Crippen LogP contribution in [0.1, 0.15) is 75.1 Å². The Morgan fingerprint density at radius 2 is 1.60 bits per heavy atom. The van der Waals surface area contributed by atoms with Crippen LogP contribution in [0.2, 0.25) is 0 Å². The van der Waals surface area contributed by atoms with E-state index >= 15 is 0 Å².